The number of amides is 1. The normalized spacial score (nSPS) is 21.0. The van der Waals surface area contributed by atoms with E-state index in [-0.39, 0.29) is 23.5 Å². The van der Waals surface area contributed by atoms with Crippen LogP contribution in [0.4, 0.5) is 24.5 Å². The molecule has 2 aliphatic rings. The zero-order valence-corrected chi connectivity index (χ0v) is 14.0. The molecule has 0 radical (unpaired) electrons. The van der Waals surface area contributed by atoms with Gasteiger partial charge in [0.25, 0.3) is 0 Å². The summed E-state index contributed by atoms with van der Waals surface area (Å²) >= 11 is 5.55. The van der Waals surface area contributed by atoms with E-state index in [0.29, 0.717) is 37.9 Å². The highest BCUT2D eigenvalue weighted by atomic mass is 35.5. The number of hydrogen-bond acceptors (Lipinski definition) is 4. The maximum Gasteiger partial charge on any atom is 0.418 e. The van der Waals surface area contributed by atoms with Gasteiger partial charge < -0.3 is 15.1 Å². The SMILES string of the molecule is O=CC1Nc2cccc(C(F)(F)F)c2N1C1CCN(C(=O)CCl)CC1. The van der Waals surface area contributed by atoms with Crippen molar-refractivity contribution in [2.75, 3.05) is 29.2 Å². The second-order valence-corrected chi connectivity index (χ2v) is 6.34. The van der Waals surface area contributed by atoms with Crippen LogP contribution in [0.1, 0.15) is 18.4 Å². The number of aldehydes is 1. The highest BCUT2D eigenvalue weighted by molar-refractivity contribution is 6.27. The molecule has 1 atom stereocenters. The predicted octanol–water partition coefficient (Wildman–Crippen LogP) is 2.69. The van der Waals surface area contributed by atoms with Gasteiger partial charge in [-0.15, -0.1) is 11.6 Å². The summed E-state index contributed by atoms with van der Waals surface area (Å²) in [6.45, 7) is 0.809. The minimum absolute atomic E-state index is 0.00854. The van der Waals surface area contributed by atoms with Crippen molar-refractivity contribution < 1.29 is 22.8 Å². The van der Waals surface area contributed by atoms with Crippen molar-refractivity contribution in [3.05, 3.63) is 23.8 Å². The van der Waals surface area contributed by atoms with E-state index >= 15 is 0 Å². The topological polar surface area (TPSA) is 52.7 Å². The van der Waals surface area contributed by atoms with Crippen molar-refractivity contribution >= 4 is 35.2 Å². The van der Waals surface area contributed by atoms with Crippen LogP contribution in [0.5, 0.6) is 0 Å². The molecule has 5 nitrogen and oxygen atoms in total. The second kappa shape index (κ2) is 6.74. The Kier molecular flexibility index (Phi) is 4.81. The maximum atomic E-state index is 13.4. The molecule has 1 unspecified atom stereocenters. The summed E-state index contributed by atoms with van der Waals surface area (Å²) in [5.74, 6) is -0.309. The maximum absolute atomic E-state index is 13.4. The van der Waals surface area contributed by atoms with Gasteiger partial charge in [-0.25, -0.2) is 0 Å². The number of para-hydroxylation sites is 1. The number of nitrogens with one attached hydrogen (secondary N) is 1. The number of carbonyl (C=O) groups excluding carboxylic acids is 2. The summed E-state index contributed by atoms with van der Waals surface area (Å²) in [5.41, 5.74) is -0.457. The number of halogens is 4. The molecular formula is C16H17ClF3N3O2. The monoisotopic (exact) mass is 375 g/mol. The number of benzene rings is 1. The summed E-state index contributed by atoms with van der Waals surface area (Å²) in [6, 6.07) is 3.61. The lowest BCUT2D eigenvalue weighted by Gasteiger charge is -2.39. The Bertz CT molecular complexity index is 675. The molecular weight excluding hydrogens is 359 g/mol. The van der Waals surface area contributed by atoms with Gasteiger partial charge in [0.2, 0.25) is 5.91 Å². The van der Waals surface area contributed by atoms with Crippen molar-refractivity contribution in [3.63, 3.8) is 0 Å². The molecule has 1 aromatic rings. The molecule has 1 fully saturated rings. The molecule has 1 aromatic carbocycles. The van der Waals surface area contributed by atoms with Gasteiger partial charge in [0.15, 0.2) is 12.5 Å². The molecule has 136 valence electrons. The van der Waals surface area contributed by atoms with Gasteiger partial charge in [0.05, 0.1) is 16.9 Å². The number of rotatable bonds is 3. The van der Waals surface area contributed by atoms with E-state index in [1.807, 2.05) is 0 Å². The van der Waals surface area contributed by atoms with Crippen LogP contribution in [0, 0.1) is 0 Å². The molecule has 1 amide bonds. The molecule has 9 heteroatoms. The predicted molar refractivity (Wildman–Crippen MR) is 87.7 cm³/mol. The Morgan fingerprint density at radius 1 is 1.32 bits per heavy atom. The Labute approximate surface area is 147 Å². The third kappa shape index (κ3) is 3.27. The lowest BCUT2D eigenvalue weighted by molar-refractivity contribution is -0.137. The third-order valence-electron chi connectivity index (χ3n) is 4.66. The van der Waals surface area contributed by atoms with Crippen LogP contribution < -0.4 is 10.2 Å². The van der Waals surface area contributed by atoms with Gasteiger partial charge >= 0.3 is 6.18 Å². The first kappa shape index (κ1) is 17.8. The quantitative estimate of drug-likeness (QED) is 0.652. The van der Waals surface area contributed by atoms with Crippen molar-refractivity contribution in [1.82, 2.24) is 4.90 Å². The van der Waals surface area contributed by atoms with Crippen molar-refractivity contribution in [3.8, 4) is 0 Å². The van der Waals surface area contributed by atoms with Crippen LogP contribution in [-0.2, 0) is 15.8 Å². The Hall–Kier alpha value is -1.96. The molecule has 0 spiro atoms. The molecule has 3 rings (SSSR count). The standard InChI is InChI=1S/C16H17ClF3N3O2/c17-8-14(25)22-6-4-10(5-7-22)23-13(9-24)21-12-3-1-2-11(15(12)23)16(18,19)20/h1-3,9-10,13,21H,4-8H2. The number of alkyl halides is 4. The van der Waals surface area contributed by atoms with E-state index in [2.05, 4.69) is 5.32 Å². The Balaban J connectivity index is 1.90. The molecule has 0 aliphatic carbocycles. The molecule has 2 aliphatic heterocycles. The summed E-state index contributed by atoms with van der Waals surface area (Å²) < 4.78 is 40.3. The number of anilines is 2. The lowest BCUT2D eigenvalue weighted by Crippen LogP contribution is -2.51. The van der Waals surface area contributed by atoms with Crippen LogP contribution in [0.3, 0.4) is 0 Å². The highest BCUT2D eigenvalue weighted by Crippen LogP contribution is 2.46. The summed E-state index contributed by atoms with van der Waals surface area (Å²) in [6.07, 6.45) is -3.81. The molecule has 2 heterocycles. The minimum Gasteiger partial charge on any atom is -0.358 e. The van der Waals surface area contributed by atoms with Crippen LogP contribution >= 0.6 is 11.6 Å². The molecule has 0 bridgehead atoms. The summed E-state index contributed by atoms with van der Waals surface area (Å²) in [5, 5.41) is 2.85. The average molecular weight is 376 g/mol. The fraction of sp³-hybridized carbons (Fsp3) is 0.500. The molecule has 1 N–H and O–H groups in total. The zero-order valence-electron chi connectivity index (χ0n) is 13.2. The van der Waals surface area contributed by atoms with Gasteiger partial charge in [-0.05, 0) is 25.0 Å². The fourth-order valence-corrected chi connectivity index (χ4v) is 3.69. The van der Waals surface area contributed by atoms with E-state index in [1.165, 1.54) is 17.0 Å². The van der Waals surface area contributed by atoms with E-state index < -0.39 is 17.9 Å². The van der Waals surface area contributed by atoms with Gasteiger partial charge in [-0.3, -0.25) is 9.59 Å². The first-order chi connectivity index (χ1) is 11.9. The van der Waals surface area contributed by atoms with E-state index in [4.69, 9.17) is 11.6 Å². The number of likely N-dealkylation sites (tertiary alicyclic amines) is 1. The first-order valence-corrected chi connectivity index (χ1v) is 8.44. The van der Waals surface area contributed by atoms with Gasteiger partial charge in [-0.2, -0.15) is 13.2 Å². The number of fused-ring (bicyclic) bond motifs is 1. The van der Waals surface area contributed by atoms with Crippen molar-refractivity contribution in [2.45, 2.75) is 31.2 Å². The number of hydrogen-bond donors (Lipinski definition) is 1. The lowest BCUT2D eigenvalue weighted by atomic mass is 10.0. The molecule has 0 aromatic heterocycles. The van der Waals surface area contributed by atoms with E-state index in [9.17, 15) is 22.8 Å². The van der Waals surface area contributed by atoms with Gasteiger partial charge in [0, 0.05) is 19.1 Å². The van der Waals surface area contributed by atoms with Crippen molar-refractivity contribution in [1.29, 1.82) is 0 Å². The number of nitrogens with zero attached hydrogens (tertiary/aromatic N) is 2. The molecule has 1 saturated heterocycles. The van der Waals surface area contributed by atoms with E-state index in [1.54, 1.807) is 4.90 Å². The summed E-state index contributed by atoms with van der Waals surface area (Å²) in [7, 11) is 0. The Morgan fingerprint density at radius 3 is 2.56 bits per heavy atom. The van der Waals surface area contributed by atoms with Gasteiger partial charge in [0.1, 0.15) is 5.88 Å². The van der Waals surface area contributed by atoms with E-state index in [0.717, 1.165) is 6.07 Å². The molecule has 25 heavy (non-hydrogen) atoms. The fourth-order valence-electron chi connectivity index (χ4n) is 3.52. The van der Waals surface area contributed by atoms with Crippen LogP contribution in [0.2, 0.25) is 0 Å². The van der Waals surface area contributed by atoms with Gasteiger partial charge in [-0.1, -0.05) is 6.07 Å². The summed E-state index contributed by atoms with van der Waals surface area (Å²) in [4.78, 5) is 26.2. The first-order valence-electron chi connectivity index (χ1n) is 7.91. The number of carbonyl (C=O) groups is 2. The zero-order chi connectivity index (χ0) is 18.2. The largest absolute Gasteiger partial charge is 0.418 e. The third-order valence-corrected chi connectivity index (χ3v) is 4.89. The van der Waals surface area contributed by atoms with Crippen LogP contribution in [0.15, 0.2) is 18.2 Å². The second-order valence-electron chi connectivity index (χ2n) is 6.08. The average Bonchev–Trinajstić information content (AvgIpc) is 2.98. The molecule has 0 saturated carbocycles. The van der Waals surface area contributed by atoms with Crippen molar-refractivity contribution in [2.24, 2.45) is 0 Å². The smallest absolute Gasteiger partial charge is 0.358 e. The number of piperidine rings is 1. The van der Waals surface area contributed by atoms with Crippen LogP contribution in [-0.4, -0.2) is 48.3 Å². The highest BCUT2D eigenvalue weighted by Gasteiger charge is 2.43. The van der Waals surface area contributed by atoms with Crippen LogP contribution in [0.25, 0.3) is 0 Å². The minimum atomic E-state index is -4.52. The Morgan fingerprint density at radius 2 is 2.00 bits per heavy atom.